The first-order valence-electron chi connectivity index (χ1n) is 10.9. The zero-order chi connectivity index (χ0) is 23.4. The molecule has 2 aliphatic heterocycles. The Kier molecular flexibility index (Phi) is 4.60. The topological polar surface area (TPSA) is 85.8 Å². The van der Waals surface area contributed by atoms with Crippen molar-refractivity contribution in [2.24, 2.45) is 10.9 Å². The molecular weight excluding hydrogens is 450 g/mol. The summed E-state index contributed by atoms with van der Waals surface area (Å²) in [4.78, 5) is 32.7. The highest BCUT2D eigenvalue weighted by molar-refractivity contribution is 7.07. The summed E-state index contributed by atoms with van der Waals surface area (Å²) in [7, 11) is 0. The van der Waals surface area contributed by atoms with Crippen molar-refractivity contribution in [3.05, 3.63) is 104 Å². The highest BCUT2D eigenvalue weighted by atomic mass is 32.1. The van der Waals surface area contributed by atoms with Gasteiger partial charge in [0.05, 0.1) is 23.1 Å². The van der Waals surface area contributed by atoms with Crippen molar-refractivity contribution in [1.29, 1.82) is 0 Å². The summed E-state index contributed by atoms with van der Waals surface area (Å²) in [6.45, 7) is 3.75. The molecule has 2 bridgehead atoms. The Hall–Kier alpha value is -3.91. The molecule has 4 aromatic rings. The number of hydrogen-bond donors (Lipinski definition) is 1. The normalized spacial score (nSPS) is 22.8. The van der Waals surface area contributed by atoms with Gasteiger partial charge in [-0.05, 0) is 43.7 Å². The minimum atomic E-state index is -1.17. The second-order valence-electron chi connectivity index (χ2n) is 8.66. The van der Waals surface area contributed by atoms with Gasteiger partial charge in [-0.15, -0.1) is 0 Å². The lowest BCUT2D eigenvalue weighted by Crippen LogP contribution is -2.59. The summed E-state index contributed by atoms with van der Waals surface area (Å²) in [6, 6.07) is 16.4. The largest absolute Gasteiger partial charge is 0.472 e. The molecule has 2 aromatic carbocycles. The standard InChI is InChI=1S/C26H21N3O4S/c1-15-7-3-5-9-18(15)27-23(30)21-22-17-8-4-6-10-19(17)33-26(21,2)28-25-29(22)24(31)20(34-25)13-16-11-12-32-14-16/h3-14,21-22H,1-2H3,(H,27,30)/b20-13-. The maximum Gasteiger partial charge on any atom is 0.270 e. The number of carbonyl (C=O) groups is 1. The monoisotopic (exact) mass is 471 g/mol. The molecule has 3 atom stereocenters. The van der Waals surface area contributed by atoms with E-state index < -0.39 is 17.7 Å². The second-order valence-corrected chi connectivity index (χ2v) is 9.67. The number of amides is 1. The van der Waals surface area contributed by atoms with Gasteiger partial charge in [0, 0.05) is 16.8 Å². The van der Waals surface area contributed by atoms with Gasteiger partial charge in [0.1, 0.15) is 11.7 Å². The molecule has 0 fully saturated rings. The first kappa shape index (κ1) is 20.7. The van der Waals surface area contributed by atoms with Gasteiger partial charge in [-0.2, -0.15) is 0 Å². The van der Waals surface area contributed by atoms with Crippen LogP contribution in [0.1, 0.15) is 29.7 Å². The first-order valence-corrected chi connectivity index (χ1v) is 11.8. The molecule has 1 amide bonds. The number of aromatic nitrogens is 1. The average Bonchev–Trinajstić information content (AvgIpc) is 3.42. The molecule has 34 heavy (non-hydrogen) atoms. The van der Waals surface area contributed by atoms with E-state index in [-0.39, 0.29) is 11.5 Å². The van der Waals surface area contributed by atoms with E-state index in [1.807, 2.05) is 62.4 Å². The minimum absolute atomic E-state index is 0.192. The van der Waals surface area contributed by atoms with Crippen LogP contribution in [0.2, 0.25) is 0 Å². The van der Waals surface area contributed by atoms with E-state index >= 15 is 0 Å². The van der Waals surface area contributed by atoms with Gasteiger partial charge in [0.25, 0.3) is 5.56 Å². The minimum Gasteiger partial charge on any atom is -0.472 e. The van der Waals surface area contributed by atoms with E-state index in [2.05, 4.69) is 5.32 Å². The number of ether oxygens (including phenoxy) is 1. The Morgan fingerprint density at radius 3 is 2.76 bits per heavy atom. The van der Waals surface area contributed by atoms with Gasteiger partial charge < -0.3 is 14.5 Å². The fourth-order valence-electron chi connectivity index (χ4n) is 4.78. The fraction of sp³-hybridized carbons (Fsp3) is 0.192. The summed E-state index contributed by atoms with van der Waals surface area (Å²) in [5.41, 5.74) is 1.88. The van der Waals surface area contributed by atoms with Crippen molar-refractivity contribution in [1.82, 2.24) is 4.57 Å². The fourth-order valence-corrected chi connectivity index (χ4v) is 5.87. The smallest absolute Gasteiger partial charge is 0.270 e. The summed E-state index contributed by atoms with van der Waals surface area (Å²) < 4.78 is 13.6. The molecule has 6 rings (SSSR count). The number of fused-ring (bicyclic) bond motifs is 6. The number of nitrogens with zero attached hydrogens (tertiary/aromatic N) is 2. The van der Waals surface area contributed by atoms with E-state index in [1.165, 1.54) is 11.3 Å². The molecule has 2 aliphatic rings. The number of para-hydroxylation sites is 2. The highest BCUT2D eigenvalue weighted by Crippen LogP contribution is 2.47. The lowest BCUT2D eigenvalue weighted by atomic mass is 9.80. The van der Waals surface area contributed by atoms with E-state index in [0.717, 1.165) is 22.4 Å². The molecular formula is C26H21N3O4S. The third kappa shape index (κ3) is 3.13. The van der Waals surface area contributed by atoms with Crippen LogP contribution in [-0.4, -0.2) is 16.2 Å². The number of benzene rings is 2. The summed E-state index contributed by atoms with van der Waals surface area (Å²) in [6.07, 6.45) is 4.92. The number of furan rings is 1. The van der Waals surface area contributed by atoms with Crippen molar-refractivity contribution in [3.8, 4) is 5.75 Å². The lowest BCUT2D eigenvalue weighted by molar-refractivity contribution is -0.131. The number of carbonyl (C=O) groups excluding carboxylic acids is 1. The maximum absolute atomic E-state index is 13.7. The van der Waals surface area contributed by atoms with Gasteiger partial charge >= 0.3 is 0 Å². The molecule has 170 valence electrons. The van der Waals surface area contributed by atoms with Crippen LogP contribution in [0.3, 0.4) is 0 Å². The summed E-state index contributed by atoms with van der Waals surface area (Å²) >= 11 is 1.29. The van der Waals surface area contributed by atoms with Crippen molar-refractivity contribution in [2.45, 2.75) is 25.6 Å². The van der Waals surface area contributed by atoms with Gasteiger partial charge in [-0.3, -0.25) is 14.2 Å². The van der Waals surface area contributed by atoms with Gasteiger partial charge in [-0.25, -0.2) is 4.99 Å². The second kappa shape index (κ2) is 7.56. The molecule has 0 aliphatic carbocycles. The third-order valence-electron chi connectivity index (χ3n) is 6.41. The number of hydrogen-bond acceptors (Lipinski definition) is 6. The Morgan fingerprint density at radius 1 is 1.18 bits per heavy atom. The Labute approximate surface area is 198 Å². The van der Waals surface area contributed by atoms with Crippen molar-refractivity contribution in [2.75, 3.05) is 5.32 Å². The molecule has 2 aromatic heterocycles. The molecule has 3 unspecified atom stereocenters. The Morgan fingerprint density at radius 2 is 1.97 bits per heavy atom. The Bertz CT molecular complexity index is 1600. The Balaban J connectivity index is 1.55. The molecule has 0 saturated heterocycles. The predicted octanol–water partition coefficient (Wildman–Crippen LogP) is 3.23. The maximum atomic E-state index is 13.7. The third-order valence-corrected chi connectivity index (χ3v) is 7.39. The number of anilines is 1. The molecule has 1 N–H and O–H groups in total. The molecule has 4 heterocycles. The van der Waals surface area contributed by atoms with Crippen LogP contribution in [0.25, 0.3) is 6.08 Å². The molecule has 0 spiro atoms. The average molecular weight is 472 g/mol. The molecule has 0 saturated carbocycles. The van der Waals surface area contributed by atoms with E-state index in [9.17, 15) is 9.59 Å². The predicted molar refractivity (Wildman–Crippen MR) is 129 cm³/mol. The summed E-state index contributed by atoms with van der Waals surface area (Å²) in [5, 5.41) is 3.05. The van der Waals surface area contributed by atoms with Crippen LogP contribution >= 0.6 is 11.3 Å². The van der Waals surface area contributed by atoms with Crippen molar-refractivity contribution < 1.29 is 13.9 Å². The number of aryl methyl sites for hydroxylation is 1. The van der Waals surface area contributed by atoms with Crippen molar-refractivity contribution in [3.63, 3.8) is 0 Å². The first-order chi connectivity index (χ1) is 16.4. The van der Waals surface area contributed by atoms with Crippen LogP contribution in [0.15, 0.2) is 81.3 Å². The quantitative estimate of drug-likeness (QED) is 0.497. The van der Waals surface area contributed by atoms with Crippen LogP contribution in [0.4, 0.5) is 5.69 Å². The van der Waals surface area contributed by atoms with Crippen LogP contribution < -0.4 is 24.9 Å². The molecule has 7 nitrogen and oxygen atoms in total. The van der Waals surface area contributed by atoms with Crippen LogP contribution in [0, 0.1) is 12.8 Å². The molecule has 8 heteroatoms. The zero-order valence-electron chi connectivity index (χ0n) is 18.5. The van der Waals surface area contributed by atoms with E-state index in [1.54, 1.807) is 29.2 Å². The number of nitrogens with one attached hydrogen (secondary N) is 1. The molecule has 0 radical (unpaired) electrons. The zero-order valence-corrected chi connectivity index (χ0v) is 19.3. The van der Waals surface area contributed by atoms with Gasteiger partial charge in [0.2, 0.25) is 11.6 Å². The van der Waals surface area contributed by atoms with Crippen LogP contribution in [0.5, 0.6) is 5.75 Å². The van der Waals surface area contributed by atoms with Gasteiger partial charge in [0.15, 0.2) is 4.80 Å². The van der Waals surface area contributed by atoms with Crippen LogP contribution in [-0.2, 0) is 4.79 Å². The van der Waals surface area contributed by atoms with E-state index in [0.29, 0.717) is 15.1 Å². The lowest BCUT2D eigenvalue weighted by Gasteiger charge is -2.45. The van der Waals surface area contributed by atoms with Crippen molar-refractivity contribution >= 4 is 29.0 Å². The van der Waals surface area contributed by atoms with Gasteiger partial charge in [-0.1, -0.05) is 47.7 Å². The van der Waals surface area contributed by atoms with E-state index in [4.69, 9.17) is 14.1 Å². The summed E-state index contributed by atoms with van der Waals surface area (Å²) in [5.74, 6) is -0.365. The highest BCUT2D eigenvalue weighted by Gasteiger charge is 2.55. The number of thiazole rings is 1. The SMILES string of the molecule is Cc1ccccc1NC(=O)C1C2c3ccccc3OC1(C)N=c1s/c(=C\c3ccoc3)c(=O)n12. The number of rotatable bonds is 3.